The van der Waals surface area contributed by atoms with Crippen molar-refractivity contribution >= 4 is 11.3 Å². The average Bonchev–Trinajstić information content (AvgIpc) is 3.22. The van der Waals surface area contributed by atoms with Crippen LogP contribution < -0.4 is 5.32 Å². The van der Waals surface area contributed by atoms with E-state index in [1.54, 1.807) is 16.0 Å². The Kier molecular flexibility index (Phi) is 4.55. The van der Waals surface area contributed by atoms with Crippen molar-refractivity contribution in [2.24, 2.45) is 0 Å². The Bertz CT molecular complexity index is 720. The number of aryl methyl sites for hydroxylation is 1. The predicted octanol–water partition coefficient (Wildman–Crippen LogP) is 2.53. The van der Waals surface area contributed by atoms with E-state index >= 15 is 0 Å². The Hall–Kier alpha value is -2.12. The van der Waals surface area contributed by atoms with Crippen LogP contribution in [0.1, 0.15) is 36.4 Å². The zero-order valence-electron chi connectivity index (χ0n) is 12.6. The molecule has 3 rings (SSSR count). The van der Waals surface area contributed by atoms with Crippen LogP contribution >= 0.6 is 11.3 Å². The molecule has 0 amide bonds. The number of hydrogen-bond donors (Lipinski definition) is 1. The van der Waals surface area contributed by atoms with Gasteiger partial charge >= 0.3 is 0 Å². The van der Waals surface area contributed by atoms with Crippen LogP contribution in [0.25, 0.3) is 5.69 Å². The zero-order valence-corrected chi connectivity index (χ0v) is 13.4. The second-order valence-electron chi connectivity index (χ2n) is 4.96. The van der Waals surface area contributed by atoms with Crippen molar-refractivity contribution in [1.29, 1.82) is 0 Å². The van der Waals surface area contributed by atoms with Crippen molar-refractivity contribution in [2.75, 3.05) is 0 Å². The standard InChI is InChI=1S/C15H18N6S/c1-3-15-17-13(10-22-15)11(2)16-9-14-18-19-20-21(14)12-7-5-4-6-8-12/h4-8,10-11,16H,3,9H2,1-2H3/t11-/m1/s1. The third-order valence-corrected chi connectivity index (χ3v) is 4.43. The Balaban J connectivity index is 1.68. The summed E-state index contributed by atoms with van der Waals surface area (Å²) in [4.78, 5) is 4.61. The summed E-state index contributed by atoms with van der Waals surface area (Å²) in [7, 11) is 0. The minimum Gasteiger partial charge on any atom is -0.302 e. The SMILES string of the molecule is CCc1nc([C@@H](C)NCc2nnnn2-c2ccccc2)cs1. The van der Waals surface area contributed by atoms with Gasteiger partial charge in [-0.2, -0.15) is 4.68 Å². The lowest BCUT2D eigenvalue weighted by molar-refractivity contribution is 0.541. The molecule has 0 saturated heterocycles. The minimum absolute atomic E-state index is 0.164. The average molecular weight is 314 g/mol. The summed E-state index contributed by atoms with van der Waals surface area (Å²) in [6.07, 6.45) is 0.976. The molecule has 0 bridgehead atoms. The van der Waals surface area contributed by atoms with Crippen LogP contribution in [0.2, 0.25) is 0 Å². The first-order valence-electron chi connectivity index (χ1n) is 7.28. The van der Waals surface area contributed by atoms with Gasteiger partial charge in [-0.05, 0) is 35.9 Å². The minimum atomic E-state index is 0.164. The third-order valence-electron chi connectivity index (χ3n) is 3.42. The van der Waals surface area contributed by atoms with Gasteiger partial charge in [-0.15, -0.1) is 16.4 Å². The molecule has 2 heterocycles. The van der Waals surface area contributed by atoms with Crippen LogP contribution in [-0.2, 0) is 13.0 Å². The summed E-state index contributed by atoms with van der Waals surface area (Å²) in [5.74, 6) is 0.781. The number of aromatic nitrogens is 5. The van der Waals surface area contributed by atoms with Gasteiger partial charge in [-0.1, -0.05) is 25.1 Å². The van der Waals surface area contributed by atoms with Crippen molar-refractivity contribution in [1.82, 2.24) is 30.5 Å². The Morgan fingerprint density at radius 3 is 2.82 bits per heavy atom. The van der Waals surface area contributed by atoms with Crippen LogP contribution in [0.3, 0.4) is 0 Å². The fraction of sp³-hybridized carbons (Fsp3) is 0.333. The molecule has 0 aliphatic heterocycles. The lowest BCUT2D eigenvalue weighted by Crippen LogP contribution is -2.21. The van der Waals surface area contributed by atoms with Crippen LogP contribution in [0, 0.1) is 0 Å². The first-order valence-corrected chi connectivity index (χ1v) is 8.16. The second kappa shape index (κ2) is 6.76. The summed E-state index contributed by atoms with van der Waals surface area (Å²) in [6.45, 7) is 4.81. The number of rotatable bonds is 6. The van der Waals surface area contributed by atoms with E-state index in [2.05, 4.69) is 45.1 Å². The Morgan fingerprint density at radius 1 is 1.27 bits per heavy atom. The zero-order chi connectivity index (χ0) is 15.4. The largest absolute Gasteiger partial charge is 0.302 e. The number of hydrogen-bond acceptors (Lipinski definition) is 6. The van der Waals surface area contributed by atoms with Gasteiger partial charge in [0.1, 0.15) is 0 Å². The monoisotopic (exact) mass is 314 g/mol. The Morgan fingerprint density at radius 2 is 2.09 bits per heavy atom. The number of tetrazole rings is 1. The molecule has 0 aliphatic rings. The van der Waals surface area contributed by atoms with E-state index < -0.39 is 0 Å². The van der Waals surface area contributed by atoms with Gasteiger partial charge in [0.2, 0.25) is 0 Å². The van der Waals surface area contributed by atoms with E-state index in [9.17, 15) is 0 Å². The van der Waals surface area contributed by atoms with Gasteiger partial charge in [0.25, 0.3) is 0 Å². The highest BCUT2D eigenvalue weighted by molar-refractivity contribution is 7.09. The molecule has 114 valence electrons. The maximum Gasteiger partial charge on any atom is 0.170 e. The highest BCUT2D eigenvalue weighted by Gasteiger charge is 2.12. The van der Waals surface area contributed by atoms with Gasteiger partial charge in [0.05, 0.1) is 22.9 Å². The van der Waals surface area contributed by atoms with Crippen molar-refractivity contribution in [3.05, 3.63) is 52.2 Å². The summed E-state index contributed by atoms with van der Waals surface area (Å²) < 4.78 is 1.75. The molecule has 6 nitrogen and oxygen atoms in total. The highest BCUT2D eigenvalue weighted by atomic mass is 32.1. The van der Waals surface area contributed by atoms with Gasteiger partial charge in [0, 0.05) is 11.4 Å². The van der Waals surface area contributed by atoms with Crippen LogP contribution in [0.5, 0.6) is 0 Å². The molecule has 1 atom stereocenters. The number of para-hydroxylation sites is 1. The molecule has 0 aliphatic carbocycles. The van der Waals surface area contributed by atoms with E-state index in [4.69, 9.17) is 0 Å². The highest BCUT2D eigenvalue weighted by Crippen LogP contribution is 2.17. The molecule has 1 N–H and O–H groups in total. The fourth-order valence-corrected chi connectivity index (χ4v) is 2.96. The summed E-state index contributed by atoms with van der Waals surface area (Å²) in [5, 5.41) is 18.6. The molecule has 0 fully saturated rings. The lowest BCUT2D eigenvalue weighted by atomic mass is 10.2. The molecule has 2 aromatic heterocycles. The molecule has 3 aromatic rings. The van der Waals surface area contributed by atoms with Crippen LogP contribution in [0.4, 0.5) is 0 Å². The normalized spacial score (nSPS) is 12.5. The molecule has 22 heavy (non-hydrogen) atoms. The van der Waals surface area contributed by atoms with Crippen molar-refractivity contribution in [2.45, 2.75) is 32.9 Å². The summed E-state index contributed by atoms with van der Waals surface area (Å²) in [5.41, 5.74) is 2.03. The summed E-state index contributed by atoms with van der Waals surface area (Å²) in [6, 6.07) is 10.0. The van der Waals surface area contributed by atoms with E-state index in [0.29, 0.717) is 6.54 Å². The third kappa shape index (κ3) is 3.20. The quantitative estimate of drug-likeness (QED) is 0.757. The van der Waals surface area contributed by atoms with Crippen LogP contribution in [-0.4, -0.2) is 25.2 Å². The van der Waals surface area contributed by atoms with Gasteiger partial charge < -0.3 is 5.32 Å². The fourth-order valence-electron chi connectivity index (χ4n) is 2.12. The van der Waals surface area contributed by atoms with Gasteiger partial charge in [0.15, 0.2) is 5.82 Å². The molecular formula is C15H18N6S. The van der Waals surface area contributed by atoms with E-state index in [-0.39, 0.29) is 6.04 Å². The van der Waals surface area contributed by atoms with Gasteiger partial charge in [-0.3, -0.25) is 0 Å². The number of thiazole rings is 1. The lowest BCUT2D eigenvalue weighted by Gasteiger charge is -2.11. The number of nitrogens with one attached hydrogen (secondary N) is 1. The number of benzene rings is 1. The van der Waals surface area contributed by atoms with Crippen molar-refractivity contribution in [3.63, 3.8) is 0 Å². The van der Waals surface area contributed by atoms with Crippen LogP contribution in [0.15, 0.2) is 35.7 Å². The van der Waals surface area contributed by atoms with Gasteiger partial charge in [-0.25, -0.2) is 4.98 Å². The molecule has 0 radical (unpaired) electrons. The molecule has 0 saturated carbocycles. The second-order valence-corrected chi connectivity index (χ2v) is 5.91. The van der Waals surface area contributed by atoms with E-state index in [1.807, 2.05) is 30.3 Å². The first kappa shape index (κ1) is 14.8. The van der Waals surface area contributed by atoms with Crippen molar-refractivity contribution < 1.29 is 0 Å². The van der Waals surface area contributed by atoms with E-state index in [1.165, 1.54) is 0 Å². The molecule has 0 spiro atoms. The molecule has 0 unspecified atom stereocenters. The molecular weight excluding hydrogens is 296 g/mol. The maximum absolute atomic E-state index is 4.61. The predicted molar refractivity (Wildman–Crippen MR) is 85.9 cm³/mol. The summed E-state index contributed by atoms with van der Waals surface area (Å²) >= 11 is 1.70. The molecule has 7 heteroatoms. The topological polar surface area (TPSA) is 68.5 Å². The smallest absolute Gasteiger partial charge is 0.170 e. The maximum atomic E-state index is 4.61. The number of nitrogens with zero attached hydrogens (tertiary/aromatic N) is 5. The first-order chi connectivity index (χ1) is 10.8. The Labute approximate surface area is 133 Å². The van der Waals surface area contributed by atoms with Crippen molar-refractivity contribution in [3.8, 4) is 5.69 Å². The van der Waals surface area contributed by atoms with E-state index in [0.717, 1.165) is 28.6 Å². The molecule has 1 aromatic carbocycles.